The van der Waals surface area contributed by atoms with Crippen molar-refractivity contribution in [1.82, 2.24) is 5.32 Å². The Morgan fingerprint density at radius 1 is 1.38 bits per heavy atom. The zero-order chi connectivity index (χ0) is 12.3. The van der Waals surface area contributed by atoms with E-state index in [-0.39, 0.29) is 17.5 Å². The van der Waals surface area contributed by atoms with Crippen LogP contribution in [0.1, 0.15) is 41.4 Å². The molecule has 0 heterocycles. The molecule has 0 bridgehead atoms. The number of hydrogen-bond donors (Lipinski definition) is 2. The summed E-state index contributed by atoms with van der Waals surface area (Å²) in [4.78, 5) is 21.8. The Morgan fingerprint density at radius 3 is 2.50 bits per heavy atom. The van der Waals surface area contributed by atoms with Gasteiger partial charge >= 0.3 is 5.97 Å². The summed E-state index contributed by atoms with van der Waals surface area (Å²) < 4.78 is 0. The van der Waals surface area contributed by atoms with Gasteiger partial charge in [-0.1, -0.05) is 6.07 Å². The van der Waals surface area contributed by atoms with Crippen LogP contribution in [-0.4, -0.2) is 17.0 Å². The molecule has 0 aliphatic rings. The number of benzene rings is 1. The molecule has 4 nitrogen and oxygen atoms in total. The number of carboxylic acids is 1. The molecule has 0 aliphatic heterocycles. The fourth-order valence-corrected chi connectivity index (χ4v) is 1.62. The average Bonchev–Trinajstić information content (AvgIpc) is 2.16. The van der Waals surface area contributed by atoms with Gasteiger partial charge in [0.15, 0.2) is 0 Å². The van der Waals surface area contributed by atoms with Crippen LogP contribution in [0.4, 0.5) is 0 Å². The highest BCUT2D eigenvalue weighted by Gasteiger charge is 2.12. The van der Waals surface area contributed by atoms with Crippen molar-refractivity contribution in [3.05, 3.63) is 34.9 Å². The number of carbonyl (C=O) groups excluding carboxylic acids is 1. The van der Waals surface area contributed by atoms with Gasteiger partial charge in [-0.15, -0.1) is 0 Å². The Bertz CT molecular complexity index is 426. The maximum Gasteiger partial charge on any atom is 0.335 e. The topological polar surface area (TPSA) is 66.4 Å². The molecule has 0 aliphatic carbocycles. The Morgan fingerprint density at radius 2 is 2.00 bits per heavy atom. The fraction of sp³-hybridized carbons (Fsp3) is 0.333. The maximum absolute atomic E-state index is 10.9. The van der Waals surface area contributed by atoms with E-state index in [1.165, 1.54) is 6.92 Å². The Kier molecular flexibility index (Phi) is 3.66. The molecule has 1 rings (SSSR count). The van der Waals surface area contributed by atoms with Gasteiger partial charge in [0.1, 0.15) is 0 Å². The van der Waals surface area contributed by atoms with Gasteiger partial charge in [-0.05, 0) is 37.1 Å². The molecule has 0 saturated carbocycles. The summed E-state index contributed by atoms with van der Waals surface area (Å²) in [7, 11) is 0. The zero-order valence-corrected chi connectivity index (χ0v) is 9.57. The first-order valence-corrected chi connectivity index (χ1v) is 5.02. The monoisotopic (exact) mass is 221 g/mol. The molecular formula is C12H15NO3. The van der Waals surface area contributed by atoms with Gasteiger partial charge in [0, 0.05) is 6.92 Å². The van der Waals surface area contributed by atoms with E-state index in [0.29, 0.717) is 0 Å². The smallest absolute Gasteiger partial charge is 0.335 e. The summed E-state index contributed by atoms with van der Waals surface area (Å²) in [5.41, 5.74) is 2.03. The molecule has 1 amide bonds. The lowest BCUT2D eigenvalue weighted by atomic mass is 9.99. The third kappa shape index (κ3) is 2.82. The van der Waals surface area contributed by atoms with Crippen LogP contribution in [0.2, 0.25) is 0 Å². The number of aromatic carboxylic acids is 1. The first kappa shape index (κ1) is 12.2. The number of rotatable bonds is 3. The molecule has 1 unspecified atom stereocenters. The van der Waals surface area contributed by atoms with Crippen LogP contribution in [0.25, 0.3) is 0 Å². The minimum atomic E-state index is -0.962. The molecule has 0 radical (unpaired) electrons. The van der Waals surface area contributed by atoms with Crippen LogP contribution in [0.3, 0.4) is 0 Å². The summed E-state index contributed by atoms with van der Waals surface area (Å²) in [6.45, 7) is 5.15. The molecule has 2 N–H and O–H groups in total. The van der Waals surface area contributed by atoms with E-state index < -0.39 is 5.97 Å². The van der Waals surface area contributed by atoms with Crippen molar-refractivity contribution in [1.29, 1.82) is 0 Å². The first-order valence-electron chi connectivity index (χ1n) is 5.02. The van der Waals surface area contributed by atoms with Crippen molar-refractivity contribution in [2.45, 2.75) is 26.8 Å². The van der Waals surface area contributed by atoms with Gasteiger partial charge in [-0.3, -0.25) is 4.79 Å². The van der Waals surface area contributed by atoms with Crippen molar-refractivity contribution in [3.8, 4) is 0 Å². The highest BCUT2D eigenvalue weighted by molar-refractivity contribution is 5.88. The molecule has 86 valence electrons. The van der Waals surface area contributed by atoms with Crippen molar-refractivity contribution >= 4 is 11.9 Å². The summed E-state index contributed by atoms with van der Waals surface area (Å²) in [5.74, 6) is -1.09. The quantitative estimate of drug-likeness (QED) is 0.819. The summed E-state index contributed by atoms with van der Waals surface area (Å²) >= 11 is 0. The lowest BCUT2D eigenvalue weighted by Crippen LogP contribution is -2.24. The van der Waals surface area contributed by atoms with Gasteiger partial charge < -0.3 is 10.4 Å². The third-order valence-corrected chi connectivity index (χ3v) is 2.41. The normalized spacial score (nSPS) is 11.9. The Labute approximate surface area is 94.3 Å². The van der Waals surface area contributed by atoms with E-state index in [2.05, 4.69) is 5.32 Å². The van der Waals surface area contributed by atoms with Crippen molar-refractivity contribution in [3.63, 3.8) is 0 Å². The second-order valence-corrected chi connectivity index (χ2v) is 3.80. The predicted octanol–water partition coefficient (Wildman–Crippen LogP) is 1.89. The molecule has 1 aromatic rings. The SMILES string of the molecule is CC(=O)NC(C)c1cc(C(=O)O)ccc1C. The summed E-state index contributed by atoms with van der Waals surface area (Å²) in [6.07, 6.45) is 0. The number of nitrogens with one attached hydrogen (secondary N) is 1. The maximum atomic E-state index is 10.9. The minimum Gasteiger partial charge on any atom is -0.478 e. The lowest BCUT2D eigenvalue weighted by molar-refractivity contribution is -0.119. The van der Waals surface area contributed by atoms with Crippen LogP contribution in [0.15, 0.2) is 18.2 Å². The van der Waals surface area contributed by atoms with Crippen LogP contribution < -0.4 is 5.32 Å². The van der Waals surface area contributed by atoms with Crippen molar-refractivity contribution < 1.29 is 14.7 Å². The van der Waals surface area contributed by atoms with E-state index in [4.69, 9.17) is 5.11 Å². The second kappa shape index (κ2) is 4.79. The van der Waals surface area contributed by atoms with E-state index in [9.17, 15) is 9.59 Å². The van der Waals surface area contributed by atoms with E-state index in [1.54, 1.807) is 18.2 Å². The minimum absolute atomic E-state index is 0.132. The average molecular weight is 221 g/mol. The van der Waals surface area contributed by atoms with Gasteiger partial charge in [-0.25, -0.2) is 4.79 Å². The van der Waals surface area contributed by atoms with Crippen LogP contribution >= 0.6 is 0 Å². The fourth-order valence-electron chi connectivity index (χ4n) is 1.62. The number of aryl methyl sites for hydroxylation is 1. The number of carbonyl (C=O) groups is 2. The molecule has 0 fully saturated rings. The zero-order valence-electron chi connectivity index (χ0n) is 9.57. The van der Waals surface area contributed by atoms with Gasteiger partial charge in [-0.2, -0.15) is 0 Å². The van der Waals surface area contributed by atoms with Crippen LogP contribution in [-0.2, 0) is 4.79 Å². The number of amides is 1. The van der Waals surface area contributed by atoms with Crippen LogP contribution in [0, 0.1) is 6.92 Å². The Balaban J connectivity index is 3.06. The third-order valence-electron chi connectivity index (χ3n) is 2.41. The van der Waals surface area contributed by atoms with Gasteiger partial charge in [0.25, 0.3) is 0 Å². The summed E-state index contributed by atoms with van der Waals surface area (Å²) in [5, 5.41) is 11.6. The lowest BCUT2D eigenvalue weighted by Gasteiger charge is -2.16. The second-order valence-electron chi connectivity index (χ2n) is 3.80. The summed E-state index contributed by atoms with van der Waals surface area (Å²) in [6, 6.07) is 4.72. The molecule has 0 saturated heterocycles. The Hall–Kier alpha value is -1.84. The molecule has 1 atom stereocenters. The molecule has 0 spiro atoms. The highest BCUT2D eigenvalue weighted by atomic mass is 16.4. The van der Waals surface area contributed by atoms with Crippen molar-refractivity contribution in [2.75, 3.05) is 0 Å². The van der Waals surface area contributed by atoms with Gasteiger partial charge in [0.05, 0.1) is 11.6 Å². The van der Waals surface area contributed by atoms with Gasteiger partial charge in [0.2, 0.25) is 5.91 Å². The molecule has 1 aromatic carbocycles. The molecule has 4 heteroatoms. The predicted molar refractivity (Wildman–Crippen MR) is 60.4 cm³/mol. The number of hydrogen-bond acceptors (Lipinski definition) is 2. The molecular weight excluding hydrogens is 206 g/mol. The highest BCUT2D eigenvalue weighted by Crippen LogP contribution is 2.19. The molecule has 0 aromatic heterocycles. The van der Waals surface area contributed by atoms with Crippen molar-refractivity contribution in [2.24, 2.45) is 0 Å². The standard InChI is InChI=1S/C12H15NO3/c1-7-4-5-10(12(15)16)6-11(7)8(2)13-9(3)14/h4-6,8H,1-3H3,(H,13,14)(H,15,16). The number of carboxylic acid groups (broad SMARTS) is 1. The first-order chi connectivity index (χ1) is 7.41. The largest absolute Gasteiger partial charge is 0.478 e. The van der Waals surface area contributed by atoms with E-state index in [1.807, 2.05) is 13.8 Å². The van der Waals surface area contributed by atoms with E-state index >= 15 is 0 Å². The molecule has 16 heavy (non-hydrogen) atoms. The van der Waals surface area contributed by atoms with E-state index in [0.717, 1.165) is 11.1 Å². The van der Waals surface area contributed by atoms with Crippen LogP contribution in [0.5, 0.6) is 0 Å².